The summed E-state index contributed by atoms with van der Waals surface area (Å²) in [6.07, 6.45) is 3.13. The van der Waals surface area contributed by atoms with Crippen molar-refractivity contribution < 1.29 is 0 Å². The molecule has 1 heterocycles. The van der Waals surface area contributed by atoms with Crippen molar-refractivity contribution >= 4 is 22.3 Å². The van der Waals surface area contributed by atoms with Crippen LogP contribution in [0.15, 0.2) is 30.5 Å². The molecule has 3 heteroatoms. The maximum absolute atomic E-state index is 5.93. The molecule has 0 saturated heterocycles. The van der Waals surface area contributed by atoms with E-state index in [9.17, 15) is 0 Å². The van der Waals surface area contributed by atoms with Gasteiger partial charge in [0.25, 0.3) is 0 Å². The lowest BCUT2D eigenvalue weighted by atomic mass is 10.1. The van der Waals surface area contributed by atoms with E-state index in [-0.39, 0.29) is 0 Å². The van der Waals surface area contributed by atoms with Crippen molar-refractivity contribution in [2.24, 2.45) is 11.8 Å². The molecule has 2 unspecified atom stereocenters. The minimum atomic E-state index is 0.742. The molecule has 1 aliphatic rings. The van der Waals surface area contributed by atoms with Crippen LogP contribution >= 0.6 is 0 Å². The van der Waals surface area contributed by atoms with Crippen molar-refractivity contribution in [3.63, 3.8) is 0 Å². The summed E-state index contributed by atoms with van der Waals surface area (Å²) in [7, 11) is 0. The number of nitrogens with two attached hydrogens (primary N) is 1. The molecular weight excluding hydrogens is 210 g/mol. The number of hydrogen-bond acceptors (Lipinski definition) is 3. The lowest BCUT2D eigenvalue weighted by molar-refractivity contribution is 0.788. The number of nitrogens with zero attached hydrogens (tertiary/aromatic N) is 1. The molecule has 0 radical (unpaired) electrons. The Labute approximate surface area is 101 Å². The molecule has 3 nitrogen and oxygen atoms in total. The zero-order valence-electron chi connectivity index (χ0n) is 9.98. The van der Waals surface area contributed by atoms with Gasteiger partial charge in [-0.25, -0.2) is 0 Å². The van der Waals surface area contributed by atoms with Gasteiger partial charge in [-0.1, -0.05) is 6.92 Å². The van der Waals surface area contributed by atoms with Gasteiger partial charge >= 0.3 is 0 Å². The summed E-state index contributed by atoms with van der Waals surface area (Å²) in [5, 5.41) is 4.62. The van der Waals surface area contributed by atoms with Gasteiger partial charge in [-0.05, 0) is 42.5 Å². The summed E-state index contributed by atoms with van der Waals surface area (Å²) in [6.45, 7) is 3.35. The predicted molar refractivity (Wildman–Crippen MR) is 71.9 cm³/mol. The van der Waals surface area contributed by atoms with Gasteiger partial charge in [0.15, 0.2) is 0 Å². The van der Waals surface area contributed by atoms with Crippen LogP contribution in [-0.4, -0.2) is 11.5 Å². The smallest absolute Gasteiger partial charge is 0.0951 e. The lowest BCUT2D eigenvalue weighted by Crippen LogP contribution is -2.05. The minimum Gasteiger partial charge on any atom is -0.397 e. The first-order valence-corrected chi connectivity index (χ1v) is 6.13. The quantitative estimate of drug-likeness (QED) is 0.793. The number of aromatic nitrogens is 1. The van der Waals surface area contributed by atoms with E-state index in [1.807, 2.05) is 18.2 Å². The van der Waals surface area contributed by atoms with Crippen molar-refractivity contribution in [2.75, 3.05) is 17.6 Å². The second kappa shape index (κ2) is 3.91. The van der Waals surface area contributed by atoms with Crippen molar-refractivity contribution in [1.29, 1.82) is 0 Å². The predicted octanol–water partition coefficient (Wildman–Crippen LogP) is 2.88. The van der Waals surface area contributed by atoms with Gasteiger partial charge in [0.2, 0.25) is 0 Å². The number of hydrogen-bond donors (Lipinski definition) is 2. The van der Waals surface area contributed by atoms with Crippen molar-refractivity contribution in [1.82, 2.24) is 4.98 Å². The molecule has 1 aromatic heterocycles. The fourth-order valence-electron chi connectivity index (χ4n) is 2.27. The van der Waals surface area contributed by atoms with Crippen LogP contribution in [0.3, 0.4) is 0 Å². The summed E-state index contributed by atoms with van der Waals surface area (Å²) in [5.74, 6) is 1.71. The average molecular weight is 227 g/mol. The molecule has 1 saturated carbocycles. The molecule has 0 aliphatic heterocycles. The second-order valence-electron chi connectivity index (χ2n) is 4.96. The van der Waals surface area contributed by atoms with Crippen LogP contribution in [0.2, 0.25) is 0 Å². The van der Waals surface area contributed by atoms with Gasteiger partial charge < -0.3 is 11.1 Å². The van der Waals surface area contributed by atoms with Gasteiger partial charge in [-0.2, -0.15) is 0 Å². The highest BCUT2D eigenvalue weighted by molar-refractivity contribution is 5.98. The fourth-order valence-corrected chi connectivity index (χ4v) is 2.27. The Hall–Kier alpha value is -1.77. The molecule has 1 fully saturated rings. The summed E-state index contributed by atoms with van der Waals surface area (Å²) in [6, 6.07) is 7.99. The Kier molecular flexibility index (Phi) is 2.39. The normalized spacial score (nSPS) is 22.6. The van der Waals surface area contributed by atoms with E-state index in [2.05, 4.69) is 23.3 Å². The molecular formula is C14H17N3. The van der Waals surface area contributed by atoms with Crippen LogP contribution in [0.4, 0.5) is 11.4 Å². The molecule has 3 N–H and O–H groups in total. The van der Waals surface area contributed by atoms with E-state index >= 15 is 0 Å². The van der Waals surface area contributed by atoms with Gasteiger partial charge in [0.05, 0.1) is 11.2 Å². The number of fused-ring (bicyclic) bond motifs is 1. The molecule has 2 atom stereocenters. The van der Waals surface area contributed by atoms with Crippen LogP contribution in [0.5, 0.6) is 0 Å². The molecule has 1 aromatic carbocycles. The molecule has 88 valence electrons. The molecule has 0 amide bonds. The zero-order chi connectivity index (χ0) is 11.8. The Bertz CT molecular complexity index is 550. The van der Waals surface area contributed by atoms with Crippen LogP contribution in [0.1, 0.15) is 13.3 Å². The van der Waals surface area contributed by atoms with E-state index in [1.54, 1.807) is 6.20 Å². The van der Waals surface area contributed by atoms with Crippen LogP contribution in [0.25, 0.3) is 10.9 Å². The van der Waals surface area contributed by atoms with Crippen molar-refractivity contribution in [2.45, 2.75) is 13.3 Å². The largest absolute Gasteiger partial charge is 0.397 e. The van der Waals surface area contributed by atoms with Crippen LogP contribution in [0, 0.1) is 11.8 Å². The highest BCUT2D eigenvalue weighted by atomic mass is 14.9. The Morgan fingerprint density at radius 2 is 2.24 bits per heavy atom. The Balaban J connectivity index is 1.90. The van der Waals surface area contributed by atoms with Gasteiger partial charge in [0, 0.05) is 23.8 Å². The summed E-state index contributed by atoms with van der Waals surface area (Å²) in [4.78, 5) is 4.33. The van der Waals surface area contributed by atoms with Crippen LogP contribution in [-0.2, 0) is 0 Å². The Morgan fingerprint density at radius 3 is 3.00 bits per heavy atom. The standard InChI is InChI=1S/C14H17N3/c1-9-7-10(9)8-17-13-5-4-12(15)14-11(13)3-2-6-16-14/h2-6,9-10,17H,7-8,15H2,1H3. The van der Waals surface area contributed by atoms with Gasteiger partial charge in [0.1, 0.15) is 0 Å². The third kappa shape index (κ3) is 1.93. The number of nitrogens with one attached hydrogen (secondary N) is 1. The molecule has 1 aliphatic carbocycles. The third-order valence-electron chi connectivity index (χ3n) is 3.63. The average Bonchev–Trinajstić information content (AvgIpc) is 3.05. The van der Waals surface area contributed by atoms with Crippen molar-refractivity contribution in [3.05, 3.63) is 30.5 Å². The number of rotatable bonds is 3. The maximum atomic E-state index is 5.93. The van der Waals surface area contributed by atoms with E-state index < -0.39 is 0 Å². The molecule has 3 rings (SSSR count). The Morgan fingerprint density at radius 1 is 1.41 bits per heavy atom. The maximum Gasteiger partial charge on any atom is 0.0951 e. The van der Waals surface area contributed by atoms with E-state index in [0.29, 0.717) is 0 Å². The third-order valence-corrected chi connectivity index (χ3v) is 3.63. The minimum absolute atomic E-state index is 0.742. The lowest BCUT2D eigenvalue weighted by Gasteiger charge is -2.10. The van der Waals surface area contributed by atoms with E-state index in [4.69, 9.17) is 5.73 Å². The summed E-state index contributed by atoms with van der Waals surface area (Å²) in [5.41, 5.74) is 8.70. The fraction of sp³-hybridized carbons (Fsp3) is 0.357. The van der Waals surface area contributed by atoms with Crippen LogP contribution < -0.4 is 11.1 Å². The molecule has 0 spiro atoms. The summed E-state index contributed by atoms with van der Waals surface area (Å²) < 4.78 is 0. The van der Waals surface area contributed by atoms with Crippen molar-refractivity contribution in [3.8, 4) is 0 Å². The first-order valence-electron chi connectivity index (χ1n) is 6.13. The first-order chi connectivity index (χ1) is 8.25. The number of anilines is 2. The highest BCUT2D eigenvalue weighted by Gasteiger charge is 2.31. The first kappa shape index (κ1) is 10.4. The van der Waals surface area contributed by atoms with E-state index in [0.717, 1.165) is 40.7 Å². The SMILES string of the molecule is CC1CC1CNc1ccc(N)c2ncccc12. The monoisotopic (exact) mass is 227 g/mol. The van der Waals surface area contributed by atoms with E-state index in [1.165, 1.54) is 6.42 Å². The highest BCUT2D eigenvalue weighted by Crippen LogP contribution is 2.38. The zero-order valence-corrected chi connectivity index (χ0v) is 9.98. The second-order valence-corrected chi connectivity index (χ2v) is 4.96. The van der Waals surface area contributed by atoms with Gasteiger partial charge in [-0.3, -0.25) is 4.98 Å². The summed E-state index contributed by atoms with van der Waals surface area (Å²) >= 11 is 0. The van der Waals surface area contributed by atoms with Gasteiger partial charge in [-0.15, -0.1) is 0 Å². The molecule has 17 heavy (non-hydrogen) atoms. The number of benzene rings is 1. The number of nitrogen functional groups attached to an aromatic ring is 1. The number of pyridine rings is 1. The molecule has 0 bridgehead atoms. The topological polar surface area (TPSA) is 50.9 Å². The molecule has 2 aromatic rings.